The SMILES string of the molecule is N#CNCc1ccc(CO)cc1. The van der Waals surface area contributed by atoms with Gasteiger partial charge in [0.1, 0.15) is 0 Å². The van der Waals surface area contributed by atoms with Gasteiger partial charge in [0, 0.05) is 6.54 Å². The summed E-state index contributed by atoms with van der Waals surface area (Å²) in [6.07, 6.45) is 1.85. The van der Waals surface area contributed by atoms with Crippen molar-refractivity contribution in [3.63, 3.8) is 0 Å². The van der Waals surface area contributed by atoms with Crippen molar-refractivity contribution in [2.24, 2.45) is 0 Å². The molecule has 1 aromatic carbocycles. The second-order valence-corrected chi connectivity index (χ2v) is 2.44. The van der Waals surface area contributed by atoms with E-state index in [1.165, 1.54) is 0 Å². The van der Waals surface area contributed by atoms with E-state index in [1.807, 2.05) is 30.5 Å². The van der Waals surface area contributed by atoms with Crippen LogP contribution in [0.4, 0.5) is 0 Å². The number of hydrogen-bond acceptors (Lipinski definition) is 3. The van der Waals surface area contributed by atoms with Crippen LogP contribution in [-0.2, 0) is 13.2 Å². The van der Waals surface area contributed by atoms with E-state index in [1.54, 1.807) is 0 Å². The first-order valence-electron chi connectivity index (χ1n) is 3.67. The van der Waals surface area contributed by atoms with Crippen molar-refractivity contribution in [1.82, 2.24) is 5.32 Å². The summed E-state index contributed by atoms with van der Waals surface area (Å²) in [5, 5.41) is 19.5. The summed E-state index contributed by atoms with van der Waals surface area (Å²) >= 11 is 0. The van der Waals surface area contributed by atoms with E-state index in [0.29, 0.717) is 6.54 Å². The largest absolute Gasteiger partial charge is 0.392 e. The summed E-state index contributed by atoms with van der Waals surface area (Å²) in [5.41, 5.74) is 1.92. The molecule has 0 saturated heterocycles. The molecule has 0 fully saturated rings. The summed E-state index contributed by atoms with van der Waals surface area (Å²) in [5.74, 6) is 0. The molecule has 12 heavy (non-hydrogen) atoms. The van der Waals surface area contributed by atoms with E-state index >= 15 is 0 Å². The fourth-order valence-corrected chi connectivity index (χ4v) is 0.904. The van der Waals surface area contributed by atoms with Crippen molar-refractivity contribution < 1.29 is 5.11 Å². The highest BCUT2D eigenvalue weighted by atomic mass is 16.3. The molecule has 0 saturated carbocycles. The summed E-state index contributed by atoms with van der Waals surface area (Å²) in [7, 11) is 0. The summed E-state index contributed by atoms with van der Waals surface area (Å²) in [6, 6.07) is 7.45. The molecule has 0 unspecified atom stereocenters. The molecule has 1 rings (SSSR count). The highest BCUT2D eigenvalue weighted by Crippen LogP contribution is 2.03. The van der Waals surface area contributed by atoms with Gasteiger partial charge in [-0.3, -0.25) is 0 Å². The van der Waals surface area contributed by atoms with Crippen LogP contribution < -0.4 is 5.32 Å². The maximum Gasteiger partial charge on any atom is 0.176 e. The summed E-state index contributed by atoms with van der Waals surface area (Å²) in [6.45, 7) is 0.605. The standard InChI is InChI=1S/C9H10N2O/c10-7-11-5-8-1-3-9(6-12)4-2-8/h1-4,11-12H,5-6H2. The lowest BCUT2D eigenvalue weighted by Gasteiger charge is -1.99. The fraction of sp³-hybridized carbons (Fsp3) is 0.222. The van der Waals surface area contributed by atoms with Gasteiger partial charge in [0.05, 0.1) is 6.61 Å². The Balaban J connectivity index is 2.60. The van der Waals surface area contributed by atoms with E-state index in [0.717, 1.165) is 11.1 Å². The number of nitriles is 1. The smallest absolute Gasteiger partial charge is 0.176 e. The monoisotopic (exact) mass is 162 g/mol. The number of nitrogens with zero attached hydrogens (tertiary/aromatic N) is 1. The molecule has 1 aromatic rings. The molecule has 0 spiro atoms. The summed E-state index contributed by atoms with van der Waals surface area (Å²) < 4.78 is 0. The van der Waals surface area contributed by atoms with Gasteiger partial charge >= 0.3 is 0 Å². The first kappa shape index (κ1) is 8.57. The van der Waals surface area contributed by atoms with Gasteiger partial charge < -0.3 is 10.4 Å². The van der Waals surface area contributed by atoms with E-state index in [4.69, 9.17) is 10.4 Å². The topological polar surface area (TPSA) is 56.0 Å². The Kier molecular flexibility index (Phi) is 3.12. The van der Waals surface area contributed by atoms with E-state index in [9.17, 15) is 0 Å². The van der Waals surface area contributed by atoms with E-state index in [2.05, 4.69) is 5.32 Å². The first-order chi connectivity index (χ1) is 5.86. The van der Waals surface area contributed by atoms with Gasteiger partial charge in [-0.2, -0.15) is 5.26 Å². The zero-order chi connectivity index (χ0) is 8.81. The summed E-state index contributed by atoms with van der Waals surface area (Å²) in [4.78, 5) is 0. The zero-order valence-electron chi connectivity index (χ0n) is 6.62. The minimum absolute atomic E-state index is 0.0615. The number of aliphatic hydroxyl groups is 1. The van der Waals surface area contributed by atoms with Crippen molar-refractivity contribution in [3.05, 3.63) is 35.4 Å². The molecule has 3 nitrogen and oxygen atoms in total. The maximum atomic E-state index is 8.74. The predicted octanol–water partition coefficient (Wildman–Crippen LogP) is 0.750. The lowest BCUT2D eigenvalue weighted by Crippen LogP contribution is -2.04. The molecule has 62 valence electrons. The Morgan fingerprint density at radius 1 is 1.25 bits per heavy atom. The Morgan fingerprint density at radius 3 is 2.33 bits per heavy atom. The lowest BCUT2D eigenvalue weighted by atomic mass is 10.1. The molecule has 0 aliphatic rings. The van der Waals surface area contributed by atoms with Crippen LogP contribution in [0.3, 0.4) is 0 Å². The molecule has 0 radical (unpaired) electrons. The van der Waals surface area contributed by atoms with Gasteiger partial charge in [-0.05, 0) is 11.1 Å². The number of aliphatic hydroxyl groups excluding tert-OH is 1. The molecular weight excluding hydrogens is 152 g/mol. The van der Waals surface area contributed by atoms with Crippen LogP contribution in [0.1, 0.15) is 11.1 Å². The van der Waals surface area contributed by atoms with Gasteiger partial charge in [0.25, 0.3) is 0 Å². The Labute approximate surface area is 71.3 Å². The fourth-order valence-electron chi connectivity index (χ4n) is 0.904. The van der Waals surface area contributed by atoms with Gasteiger partial charge in [-0.1, -0.05) is 24.3 Å². The molecule has 2 N–H and O–H groups in total. The van der Waals surface area contributed by atoms with E-state index in [-0.39, 0.29) is 6.61 Å². The molecule has 0 bridgehead atoms. The molecule has 0 aliphatic heterocycles. The Bertz CT molecular complexity index is 274. The second-order valence-electron chi connectivity index (χ2n) is 2.44. The van der Waals surface area contributed by atoms with Crippen molar-refractivity contribution in [1.29, 1.82) is 5.26 Å². The van der Waals surface area contributed by atoms with Gasteiger partial charge in [0.2, 0.25) is 0 Å². The number of benzene rings is 1. The number of nitrogens with one attached hydrogen (secondary N) is 1. The molecule has 0 amide bonds. The highest BCUT2D eigenvalue weighted by Gasteiger charge is 1.91. The zero-order valence-corrected chi connectivity index (χ0v) is 6.62. The average molecular weight is 162 g/mol. The maximum absolute atomic E-state index is 8.74. The Morgan fingerprint density at radius 2 is 1.83 bits per heavy atom. The average Bonchev–Trinajstić information content (AvgIpc) is 2.15. The second kappa shape index (κ2) is 4.37. The minimum atomic E-state index is 0.0615. The Hall–Kier alpha value is -1.53. The normalized spacial score (nSPS) is 9.00. The predicted molar refractivity (Wildman–Crippen MR) is 44.8 cm³/mol. The lowest BCUT2D eigenvalue weighted by molar-refractivity contribution is 0.282. The van der Waals surface area contributed by atoms with Gasteiger partial charge in [0.15, 0.2) is 6.19 Å². The van der Waals surface area contributed by atoms with Crippen molar-refractivity contribution in [2.45, 2.75) is 13.2 Å². The molecule has 3 heteroatoms. The highest BCUT2D eigenvalue weighted by molar-refractivity contribution is 5.21. The molecule has 0 aliphatic carbocycles. The van der Waals surface area contributed by atoms with Crippen LogP contribution in [0.5, 0.6) is 0 Å². The van der Waals surface area contributed by atoms with E-state index < -0.39 is 0 Å². The van der Waals surface area contributed by atoms with Crippen LogP contribution >= 0.6 is 0 Å². The van der Waals surface area contributed by atoms with Gasteiger partial charge in [-0.25, -0.2) is 0 Å². The number of rotatable bonds is 3. The molecule has 0 aromatic heterocycles. The minimum Gasteiger partial charge on any atom is -0.392 e. The van der Waals surface area contributed by atoms with Crippen molar-refractivity contribution in [2.75, 3.05) is 0 Å². The van der Waals surface area contributed by atoms with Crippen LogP contribution in [0.2, 0.25) is 0 Å². The third kappa shape index (κ3) is 2.26. The van der Waals surface area contributed by atoms with Crippen LogP contribution in [0.15, 0.2) is 24.3 Å². The molecule has 0 atom stereocenters. The van der Waals surface area contributed by atoms with Crippen LogP contribution in [0, 0.1) is 11.5 Å². The van der Waals surface area contributed by atoms with Crippen molar-refractivity contribution >= 4 is 0 Å². The van der Waals surface area contributed by atoms with Gasteiger partial charge in [-0.15, -0.1) is 0 Å². The van der Waals surface area contributed by atoms with Crippen LogP contribution in [-0.4, -0.2) is 5.11 Å². The number of hydrogen-bond donors (Lipinski definition) is 2. The molecular formula is C9H10N2O. The quantitative estimate of drug-likeness (QED) is 0.509. The van der Waals surface area contributed by atoms with Crippen LogP contribution in [0.25, 0.3) is 0 Å². The van der Waals surface area contributed by atoms with Crippen molar-refractivity contribution in [3.8, 4) is 6.19 Å². The first-order valence-corrected chi connectivity index (χ1v) is 3.67. The third-order valence-corrected chi connectivity index (χ3v) is 1.58. The third-order valence-electron chi connectivity index (χ3n) is 1.58. The molecule has 0 heterocycles.